The molecule has 0 unspecified atom stereocenters. The maximum Gasteiger partial charge on any atom is 0.335 e. The third kappa shape index (κ3) is 4.11. The van der Waals surface area contributed by atoms with E-state index in [1.54, 1.807) is 18.2 Å². The van der Waals surface area contributed by atoms with E-state index in [1.807, 2.05) is 17.5 Å². The number of rotatable bonds is 7. The van der Waals surface area contributed by atoms with Gasteiger partial charge < -0.3 is 9.84 Å². The highest BCUT2D eigenvalue weighted by molar-refractivity contribution is 7.92. The van der Waals surface area contributed by atoms with Gasteiger partial charge in [0.2, 0.25) is 5.82 Å². The molecule has 0 atom stereocenters. The molecule has 4 rings (SSSR count). The number of benzene rings is 2. The number of carbonyl (C=O) groups is 1. The Hall–Kier alpha value is -3.77. The lowest BCUT2D eigenvalue weighted by Crippen LogP contribution is -2.15. The highest BCUT2D eigenvalue weighted by Crippen LogP contribution is 2.36. The van der Waals surface area contributed by atoms with Crippen molar-refractivity contribution in [2.75, 3.05) is 11.8 Å². The van der Waals surface area contributed by atoms with Gasteiger partial charge in [0, 0.05) is 16.0 Å². The minimum atomic E-state index is -4.21. The van der Waals surface area contributed by atoms with Crippen molar-refractivity contribution < 1.29 is 23.1 Å². The summed E-state index contributed by atoms with van der Waals surface area (Å²) >= 11 is 1.44. The minimum Gasteiger partial charge on any atom is -0.495 e. The second-order valence-electron chi connectivity index (χ2n) is 6.25. The summed E-state index contributed by atoms with van der Waals surface area (Å²) in [5.41, 5.74) is 1.27. The zero-order chi connectivity index (χ0) is 22.0. The van der Waals surface area contributed by atoms with Crippen LogP contribution in [0.15, 0.2) is 58.8 Å². The molecule has 0 fully saturated rings. The van der Waals surface area contributed by atoms with Crippen LogP contribution in [0.3, 0.4) is 0 Å². The molecular weight excluding hydrogens is 442 g/mol. The Balaban J connectivity index is 1.83. The van der Waals surface area contributed by atoms with E-state index in [4.69, 9.17) is 4.74 Å². The van der Waals surface area contributed by atoms with Gasteiger partial charge in [-0.3, -0.25) is 4.72 Å². The zero-order valence-electron chi connectivity index (χ0n) is 15.9. The molecule has 31 heavy (non-hydrogen) atoms. The summed E-state index contributed by atoms with van der Waals surface area (Å²) in [6, 6.07) is 12.4. The quantitative estimate of drug-likeness (QED) is 0.383. The highest BCUT2D eigenvalue weighted by atomic mass is 32.2. The molecule has 0 aliphatic heterocycles. The smallest absolute Gasteiger partial charge is 0.335 e. The second kappa shape index (κ2) is 8.16. The molecule has 0 aliphatic rings. The average molecular weight is 457 g/mol. The van der Waals surface area contributed by atoms with Gasteiger partial charge in [0.15, 0.2) is 0 Å². The number of thiophene rings is 1. The number of sulfonamides is 1. The number of nitrogens with one attached hydrogen (secondary N) is 2. The van der Waals surface area contributed by atoms with Gasteiger partial charge in [-0.05, 0) is 40.9 Å². The van der Waals surface area contributed by atoms with Crippen LogP contribution in [0.4, 0.5) is 5.69 Å². The largest absolute Gasteiger partial charge is 0.495 e. The Morgan fingerprint density at radius 2 is 2.03 bits per heavy atom. The number of aromatic amines is 1. The van der Waals surface area contributed by atoms with Crippen LogP contribution in [-0.4, -0.2) is 47.2 Å². The lowest BCUT2D eigenvalue weighted by molar-refractivity contribution is 0.0696. The van der Waals surface area contributed by atoms with Crippen LogP contribution in [0, 0.1) is 0 Å². The molecule has 0 saturated heterocycles. The molecule has 4 aromatic rings. The Morgan fingerprint density at radius 3 is 2.68 bits per heavy atom. The summed E-state index contributed by atoms with van der Waals surface area (Å²) in [7, 11) is -2.90. The molecule has 2 heterocycles. The number of H-pyrrole nitrogens is 1. The van der Waals surface area contributed by atoms with Gasteiger partial charge in [0.05, 0.1) is 18.4 Å². The number of carboxylic acid groups (broad SMARTS) is 1. The number of hydrogen-bond acceptors (Lipinski definition) is 8. The molecule has 0 saturated carbocycles. The van der Waals surface area contributed by atoms with E-state index >= 15 is 0 Å². The molecule has 10 nitrogen and oxygen atoms in total. The fourth-order valence-corrected chi connectivity index (χ4v) is 4.95. The number of tetrazole rings is 1. The molecule has 0 spiro atoms. The molecule has 158 valence electrons. The number of methoxy groups -OCH3 is 1. The van der Waals surface area contributed by atoms with Crippen molar-refractivity contribution in [2.45, 2.75) is 4.90 Å². The summed E-state index contributed by atoms with van der Waals surface area (Å²) in [6.45, 7) is 0. The van der Waals surface area contributed by atoms with Gasteiger partial charge in [0.1, 0.15) is 10.6 Å². The van der Waals surface area contributed by atoms with Gasteiger partial charge in [-0.25, -0.2) is 13.2 Å². The third-order valence-electron chi connectivity index (χ3n) is 4.35. The minimum absolute atomic E-state index is 0.0181. The lowest BCUT2D eigenvalue weighted by Gasteiger charge is -2.15. The number of aromatic carboxylic acids is 1. The summed E-state index contributed by atoms with van der Waals surface area (Å²) in [5, 5.41) is 24.9. The molecule has 0 aliphatic carbocycles. The molecule has 0 amide bonds. The van der Waals surface area contributed by atoms with Gasteiger partial charge in [-0.15, -0.1) is 21.5 Å². The third-order valence-corrected chi connectivity index (χ3v) is 6.64. The van der Waals surface area contributed by atoms with Crippen LogP contribution in [0.5, 0.6) is 5.75 Å². The molecule has 0 radical (unpaired) electrons. The van der Waals surface area contributed by atoms with E-state index in [0.717, 1.165) is 10.9 Å². The fourth-order valence-electron chi connectivity index (χ4n) is 2.92. The molecular formula is C19H15N5O5S2. The second-order valence-corrected chi connectivity index (χ2v) is 8.85. The van der Waals surface area contributed by atoms with E-state index < -0.39 is 16.0 Å². The first-order valence-electron chi connectivity index (χ1n) is 8.75. The van der Waals surface area contributed by atoms with Crippen molar-refractivity contribution in [3.8, 4) is 27.6 Å². The monoisotopic (exact) mass is 457 g/mol. The van der Waals surface area contributed by atoms with Gasteiger partial charge >= 0.3 is 5.97 Å². The van der Waals surface area contributed by atoms with Gasteiger partial charge in [0.25, 0.3) is 10.0 Å². The predicted octanol–water partition coefficient (Wildman–Crippen LogP) is 3.10. The van der Waals surface area contributed by atoms with E-state index in [-0.39, 0.29) is 21.9 Å². The number of hydrogen-bond donors (Lipinski definition) is 3. The lowest BCUT2D eigenvalue weighted by atomic mass is 10.1. The topological polar surface area (TPSA) is 147 Å². The number of aromatic nitrogens is 4. The molecule has 0 bridgehead atoms. The fraction of sp³-hybridized carbons (Fsp3) is 0.0526. The van der Waals surface area contributed by atoms with E-state index in [9.17, 15) is 18.3 Å². The van der Waals surface area contributed by atoms with Crippen molar-refractivity contribution in [1.82, 2.24) is 20.6 Å². The number of carboxylic acids is 1. The van der Waals surface area contributed by atoms with Gasteiger partial charge in [-0.2, -0.15) is 5.21 Å². The highest BCUT2D eigenvalue weighted by Gasteiger charge is 2.24. The van der Waals surface area contributed by atoms with Crippen LogP contribution in [0.2, 0.25) is 0 Å². The Labute approximate surface area is 180 Å². The SMILES string of the molecule is COc1ccc(C(=O)O)cc1S(=O)(=O)Nc1cc(-c2nn[nH]n2)ccc1-c1cccs1. The van der Waals surface area contributed by atoms with E-state index in [1.165, 1.54) is 30.6 Å². The van der Waals surface area contributed by atoms with Crippen molar-refractivity contribution in [3.05, 3.63) is 59.5 Å². The number of ether oxygens (including phenoxy) is 1. The molecule has 2 aromatic heterocycles. The first kappa shape index (κ1) is 20.5. The maximum absolute atomic E-state index is 13.2. The molecule has 2 aromatic carbocycles. The first-order valence-corrected chi connectivity index (χ1v) is 11.1. The number of nitrogens with zero attached hydrogens (tertiary/aromatic N) is 3. The van der Waals surface area contributed by atoms with E-state index in [0.29, 0.717) is 17.0 Å². The van der Waals surface area contributed by atoms with Crippen molar-refractivity contribution >= 4 is 33.0 Å². The van der Waals surface area contributed by atoms with Crippen LogP contribution >= 0.6 is 11.3 Å². The van der Waals surface area contributed by atoms with Crippen LogP contribution < -0.4 is 9.46 Å². The van der Waals surface area contributed by atoms with Crippen molar-refractivity contribution in [1.29, 1.82) is 0 Å². The Kier molecular flexibility index (Phi) is 5.40. The van der Waals surface area contributed by atoms with Crippen LogP contribution in [0.25, 0.3) is 21.8 Å². The first-order chi connectivity index (χ1) is 14.9. The van der Waals surface area contributed by atoms with Crippen LogP contribution in [-0.2, 0) is 10.0 Å². The normalized spacial score (nSPS) is 11.3. The van der Waals surface area contributed by atoms with Crippen LogP contribution in [0.1, 0.15) is 10.4 Å². The molecule has 12 heteroatoms. The van der Waals surface area contributed by atoms with E-state index in [2.05, 4.69) is 25.3 Å². The maximum atomic E-state index is 13.2. The standard InChI is InChI=1S/C19H15N5O5S2/c1-29-15-7-5-12(19(25)26)10-17(15)31(27,28)22-14-9-11(18-20-23-24-21-18)4-6-13(14)16-3-2-8-30-16/h2-10,22H,1H3,(H,25,26)(H,20,21,23,24). The summed E-state index contributed by atoms with van der Waals surface area (Å²) < 4.78 is 34.2. The Bertz CT molecular complexity index is 1340. The summed E-state index contributed by atoms with van der Waals surface area (Å²) in [4.78, 5) is 11.9. The van der Waals surface area contributed by atoms with Crippen molar-refractivity contribution in [2.24, 2.45) is 0 Å². The number of anilines is 1. The average Bonchev–Trinajstić information content (AvgIpc) is 3.47. The van der Waals surface area contributed by atoms with Gasteiger partial charge in [-0.1, -0.05) is 18.2 Å². The summed E-state index contributed by atoms with van der Waals surface area (Å²) in [5.74, 6) is -0.939. The van der Waals surface area contributed by atoms with Crippen molar-refractivity contribution in [3.63, 3.8) is 0 Å². The molecule has 3 N–H and O–H groups in total. The predicted molar refractivity (Wildman–Crippen MR) is 114 cm³/mol. The Morgan fingerprint density at radius 1 is 1.19 bits per heavy atom. The zero-order valence-corrected chi connectivity index (χ0v) is 17.6. The summed E-state index contributed by atoms with van der Waals surface area (Å²) in [6.07, 6.45) is 0.